The van der Waals surface area contributed by atoms with E-state index in [4.69, 9.17) is 10.5 Å². The first-order valence-electron chi connectivity index (χ1n) is 9.75. The Labute approximate surface area is 175 Å². The average Bonchev–Trinajstić information content (AvgIpc) is 3.25. The van der Waals surface area contributed by atoms with Crippen LogP contribution in [0, 0.1) is 18.3 Å². The number of nitrogens with one attached hydrogen (secondary N) is 1. The number of nitrogens with two attached hydrogens (primary N) is 1. The Morgan fingerprint density at radius 1 is 1.32 bits per heavy atom. The molecule has 0 radical (unpaired) electrons. The first-order chi connectivity index (χ1) is 14.9. The monoisotopic (exact) mass is 420 g/mol. The summed E-state index contributed by atoms with van der Waals surface area (Å²) in [7, 11) is 1.65. The number of nitriles is 1. The summed E-state index contributed by atoms with van der Waals surface area (Å²) < 4.78 is 10.0. The maximum atomic E-state index is 13.0. The molecule has 5 rings (SSSR count). The predicted octanol–water partition coefficient (Wildman–Crippen LogP) is 0.836. The van der Waals surface area contributed by atoms with Crippen LogP contribution in [-0.4, -0.2) is 46.9 Å². The number of anilines is 3. The Morgan fingerprint density at radius 3 is 2.84 bits per heavy atom. The molecule has 3 N–H and O–H groups in total. The summed E-state index contributed by atoms with van der Waals surface area (Å²) >= 11 is 0. The maximum absolute atomic E-state index is 13.0. The highest BCUT2D eigenvalue weighted by atomic mass is 16.5. The molecule has 0 saturated carbocycles. The molecule has 5 heterocycles. The number of fused-ring (bicyclic) bond motifs is 2. The molecule has 1 saturated heterocycles. The Hall–Kier alpha value is -3.98. The van der Waals surface area contributed by atoms with Crippen LogP contribution in [0.1, 0.15) is 18.4 Å². The van der Waals surface area contributed by atoms with Gasteiger partial charge in [-0.3, -0.25) is 13.5 Å². The second kappa shape index (κ2) is 6.78. The van der Waals surface area contributed by atoms with Crippen LogP contribution in [0.25, 0.3) is 16.8 Å². The van der Waals surface area contributed by atoms with Crippen LogP contribution in [0.4, 0.5) is 17.6 Å². The molecule has 1 aliphatic heterocycles. The lowest BCUT2D eigenvalue weighted by atomic mass is 9.91. The van der Waals surface area contributed by atoms with Gasteiger partial charge in [0.15, 0.2) is 11.3 Å². The Bertz CT molecular complexity index is 1420. The molecule has 0 aromatic carbocycles. The second-order valence-electron chi connectivity index (χ2n) is 7.62. The van der Waals surface area contributed by atoms with Crippen molar-refractivity contribution in [2.45, 2.75) is 25.3 Å². The van der Waals surface area contributed by atoms with Crippen LogP contribution in [0.5, 0.6) is 0 Å². The van der Waals surface area contributed by atoms with Crippen molar-refractivity contribution < 1.29 is 4.74 Å². The van der Waals surface area contributed by atoms with Crippen molar-refractivity contribution in [3.8, 4) is 6.07 Å². The van der Waals surface area contributed by atoms with Crippen LogP contribution in [0.15, 0.2) is 23.3 Å². The molecule has 1 aliphatic rings. The van der Waals surface area contributed by atoms with E-state index in [9.17, 15) is 10.1 Å². The van der Waals surface area contributed by atoms with E-state index in [-0.39, 0.29) is 11.6 Å². The quantitative estimate of drug-likeness (QED) is 0.490. The highest BCUT2D eigenvalue weighted by Crippen LogP contribution is 2.30. The van der Waals surface area contributed by atoms with Crippen LogP contribution < -0.4 is 16.7 Å². The molecule has 0 amide bonds. The van der Waals surface area contributed by atoms with E-state index in [1.54, 1.807) is 23.8 Å². The van der Waals surface area contributed by atoms with E-state index >= 15 is 0 Å². The lowest BCUT2D eigenvalue weighted by Crippen LogP contribution is -2.44. The number of hydrogen-bond acceptors (Lipinski definition) is 9. The average molecular weight is 420 g/mol. The van der Waals surface area contributed by atoms with Crippen molar-refractivity contribution in [3.05, 3.63) is 34.5 Å². The smallest absolute Gasteiger partial charge is 0.331 e. The van der Waals surface area contributed by atoms with Crippen molar-refractivity contribution >= 4 is 34.4 Å². The van der Waals surface area contributed by atoms with Crippen LogP contribution in [-0.2, 0) is 17.3 Å². The highest BCUT2D eigenvalue weighted by molar-refractivity contribution is 5.74. The third-order valence-corrected chi connectivity index (χ3v) is 5.78. The van der Waals surface area contributed by atoms with Gasteiger partial charge in [-0.15, -0.1) is 10.2 Å². The molecule has 1 fully saturated rings. The topological polar surface area (TPSA) is 154 Å². The molecule has 0 bridgehead atoms. The highest BCUT2D eigenvalue weighted by Gasteiger charge is 2.38. The molecule has 12 nitrogen and oxygen atoms in total. The van der Waals surface area contributed by atoms with Crippen LogP contribution in [0.3, 0.4) is 0 Å². The summed E-state index contributed by atoms with van der Waals surface area (Å²) in [6.45, 7) is 2.73. The van der Waals surface area contributed by atoms with Gasteiger partial charge in [-0.25, -0.2) is 9.78 Å². The molecular weight excluding hydrogens is 400 g/mol. The Kier molecular flexibility index (Phi) is 4.16. The molecule has 12 heteroatoms. The van der Waals surface area contributed by atoms with E-state index in [0.717, 1.165) is 5.56 Å². The standard InChI is InChI=1S/C19H20N10O2/c1-11-7-14-25-26-16(21)28(14)9-12(11)23-17-22-8-13-15(24-17)29(18(30)27(13)2)19(10-20)3-5-31-6-4-19/h7-9H,3-6H2,1-2H3,(H2,21,26)(H,22,23,24). The van der Waals surface area contributed by atoms with Crippen molar-refractivity contribution in [2.75, 3.05) is 24.3 Å². The van der Waals surface area contributed by atoms with Crippen molar-refractivity contribution in [2.24, 2.45) is 7.05 Å². The minimum Gasteiger partial charge on any atom is -0.381 e. The number of nitrogen functional groups attached to an aromatic ring is 1. The van der Waals surface area contributed by atoms with Gasteiger partial charge >= 0.3 is 5.69 Å². The second-order valence-corrected chi connectivity index (χ2v) is 7.62. The summed E-state index contributed by atoms with van der Waals surface area (Å²) in [5.41, 5.74) is 7.73. The fraction of sp³-hybridized carbons (Fsp3) is 0.368. The van der Waals surface area contributed by atoms with Gasteiger partial charge in [0, 0.05) is 39.3 Å². The number of nitrogens with zero attached hydrogens (tertiary/aromatic N) is 8. The number of rotatable bonds is 3. The van der Waals surface area contributed by atoms with Gasteiger partial charge in [0.25, 0.3) is 0 Å². The van der Waals surface area contributed by atoms with Gasteiger partial charge in [-0.1, -0.05) is 0 Å². The van der Waals surface area contributed by atoms with Crippen molar-refractivity contribution in [1.82, 2.24) is 33.7 Å². The van der Waals surface area contributed by atoms with Gasteiger partial charge < -0.3 is 15.8 Å². The number of hydrogen-bond donors (Lipinski definition) is 2. The third kappa shape index (κ3) is 2.82. The summed E-state index contributed by atoms with van der Waals surface area (Å²) in [5.74, 6) is 0.558. The summed E-state index contributed by atoms with van der Waals surface area (Å²) in [6.07, 6.45) is 4.17. The SMILES string of the molecule is Cc1cc2nnc(N)n2cc1Nc1ncc2c(n1)n(C1(C#N)CCOCC1)c(=O)n2C. The van der Waals surface area contributed by atoms with Crippen LogP contribution >= 0.6 is 0 Å². The number of aromatic nitrogens is 7. The first kappa shape index (κ1) is 19.0. The zero-order chi connectivity index (χ0) is 21.8. The Morgan fingerprint density at radius 2 is 2.10 bits per heavy atom. The summed E-state index contributed by atoms with van der Waals surface area (Å²) in [4.78, 5) is 22.0. The maximum Gasteiger partial charge on any atom is 0.331 e. The van der Waals surface area contributed by atoms with Gasteiger partial charge in [-0.2, -0.15) is 10.2 Å². The van der Waals surface area contributed by atoms with E-state index in [0.29, 0.717) is 54.5 Å². The molecule has 0 atom stereocenters. The van der Waals surface area contributed by atoms with Gasteiger partial charge in [-0.05, 0) is 18.6 Å². The largest absolute Gasteiger partial charge is 0.381 e. The molecule has 4 aromatic rings. The predicted molar refractivity (Wildman–Crippen MR) is 112 cm³/mol. The number of pyridine rings is 1. The van der Waals surface area contributed by atoms with E-state index in [1.807, 2.05) is 13.0 Å². The van der Waals surface area contributed by atoms with E-state index < -0.39 is 5.54 Å². The number of aryl methyl sites for hydroxylation is 2. The molecule has 0 aliphatic carbocycles. The molecular formula is C19H20N10O2. The fourth-order valence-corrected chi connectivity index (χ4v) is 3.95. The third-order valence-electron chi connectivity index (χ3n) is 5.78. The number of imidazole rings is 1. The minimum atomic E-state index is -1.01. The minimum absolute atomic E-state index is 0.266. The lowest BCUT2D eigenvalue weighted by molar-refractivity contribution is 0.0448. The lowest BCUT2D eigenvalue weighted by Gasteiger charge is -2.31. The normalized spacial score (nSPS) is 15.9. The van der Waals surface area contributed by atoms with Gasteiger partial charge in [0.05, 0.1) is 18.0 Å². The van der Waals surface area contributed by atoms with E-state index in [2.05, 4.69) is 31.6 Å². The van der Waals surface area contributed by atoms with E-state index in [1.165, 1.54) is 9.13 Å². The molecule has 31 heavy (non-hydrogen) atoms. The Balaban J connectivity index is 1.64. The van der Waals surface area contributed by atoms with Gasteiger partial charge in [0.1, 0.15) is 11.1 Å². The van der Waals surface area contributed by atoms with Gasteiger partial charge in [0.2, 0.25) is 11.9 Å². The van der Waals surface area contributed by atoms with Crippen molar-refractivity contribution in [1.29, 1.82) is 5.26 Å². The summed E-state index contributed by atoms with van der Waals surface area (Å²) in [6, 6.07) is 4.18. The zero-order valence-electron chi connectivity index (χ0n) is 17.0. The van der Waals surface area contributed by atoms with Crippen molar-refractivity contribution in [3.63, 3.8) is 0 Å². The summed E-state index contributed by atoms with van der Waals surface area (Å²) in [5, 5.41) is 21.0. The molecule has 158 valence electrons. The molecule has 0 unspecified atom stereocenters. The molecule has 4 aromatic heterocycles. The van der Waals surface area contributed by atoms with Crippen LogP contribution in [0.2, 0.25) is 0 Å². The number of ether oxygens (including phenoxy) is 1. The first-order valence-corrected chi connectivity index (χ1v) is 9.75. The molecule has 0 spiro atoms. The zero-order valence-corrected chi connectivity index (χ0v) is 17.0. The fourth-order valence-electron chi connectivity index (χ4n) is 3.95.